The highest BCUT2D eigenvalue weighted by atomic mass is 16.3. The molecule has 0 bridgehead atoms. The summed E-state index contributed by atoms with van der Waals surface area (Å²) in [5.41, 5.74) is 5.57. The molecule has 0 fully saturated rings. The van der Waals surface area contributed by atoms with Gasteiger partial charge in [-0.3, -0.25) is 4.79 Å². The van der Waals surface area contributed by atoms with Crippen LogP contribution in [0.3, 0.4) is 0 Å². The summed E-state index contributed by atoms with van der Waals surface area (Å²) < 4.78 is 5.49. The Kier molecular flexibility index (Phi) is 2.96. The Labute approximate surface area is 128 Å². The highest BCUT2D eigenvalue weighted by Crippen LogP contribution is 2.24. The van der Waals surface area contributed by atoms with Crippen LogP contribution in [-0.4, -0.2) is 10.9 Å². The lowest BCUT2D eigenvalue weighted by Crippen LogP contribution is -2.12. The second-order valence-electron chi connectivity index (χ2n) is 5.71. The molecule has 1 aromatic heterocycles. The number of oxazole rings is 1. The van der Waals surface area contributed by atoms with E-state index in [9.17, 15) is 4.79 Å². The summed E-state index contributed by atoms with van der Waals surface area (Å²) in [6.07, 6.45) is 3.38. The first-order chi connectivity index (χ1) is 10.7. The number of aromatic nitrogens is 1. The molecule has 1 heterocycles. The van der Waals surface area contributed by atoms with E-state index in [4.69, 9.17) is 4.42 Å². The van der Waals surface area contributed by atoms with E-state index < -0.39 is 0 Å². The average Bonchev–Trinajstić information content (AvgIpc) is 3.10. The summed E-state index contributed by atoms with van der Waals surface area (Å²) in [6, 6.07) is 11.5. The van der Waals surface area contributed by atoms with E-state index in [2.05, 4.69) is 16.4 Å². The van der Waals surface area contributed by atoms with Gasteiger partial charge in [-0.1, -0.05) is 6.07 Å². The molecule has 0 aliphatic heterocycles. The maximum Gasteiger partial charge on any atom is 0.255 e. The van der Waals surface area contributed by atoms with Crippen LogP contribution in [0.1, 0.15) is 33.8 Å². The molecule has 2 aromatic carbocycles. The molecule has 22 heavy (non-hydrogen) atoms. The number of carbonyl (C=O) groups is 1. The fraction of sp³-hybridized carbons (Fsp3) is 0.222. The summed E-state index contributed by atoms with van der Waals surface area (Å²) in [6.45, 7) is 1.81. The molecule has 0 saturated carbocycles. The second-order valence-corrected chi connectivity index (χ2v) is 5.71. The van der Waals surface area contributed by atoms with E-state index in [1.807, 2.05) is 31.2 Å². The Balaban J connectivity index is 1.59. The molecule has 0 radical (unpaired) electrons. The van der Waals surface area contributed by atoms with Gasteiger partial charge in [-0.25, -0.2) is 4.98 Å². The Hall–Kier alpha value is -2.62. The molecule has 3 aromatic rings. The molecule has 0 unspecified atom stereocenters. The van der Waals surface area contributed by atoms with Crippen LogP contribution in [0.4, 0.5) is 5.69 Å². The maximum absolute atomic E-state index is 12.4. The van der Waals surface area contributed by atoms with Crippen molar-refractivity contribution in [1.82, 2.24) is 4.98 Å². The van der Waals surface area contributed by atoms with Crippen molar-refractivity contribution in [2.45, 2.75) is 26.2 Å². The first kappa shape index (κ1) is 13.1. The molecule has 4 rings (SSSR count). The van der Waals surface area contributed by atoms with E-state index in [0.29, 0.717) is 22.7 Å². The quantitative estimate of drug-likeness (QED) is 0.780. The number of aryl methyl sites for hydroxylation is 3. The highest BCUT2D eigenvalue weighted by Gasteiger charge is 2.14. The number of nitrogens with one attached hydrogen (secondary N) is 1. The SMILES string of the molecule is Cc1nc2ccc(NC(=O)c3ccc4c(c3)CCC4)cc2o1. The highest BCUT2D eigenvalue weighted by molar-refractivity contribution is 6.05. The second kappa shape index (κ2) is 4.98. The largest absolute Gasteiger partial charge is 0.441 e. The fourth-order valence-corrected chi connectivity index (χ4v) is 3.03. The van der Waals surface area contributed by atoms with Crippen molar-refractivity contribution in [3.63, 3.8) is 0 Å². The zero-order valence-corrected chi connectivity index (χ0v) is 12.3. The maximum atomic E-state index is 12.4. The number of anilines is 1. The number of carbonyl (C=O) groups excluding carboxylic acids is 1. The molecule has 0 atom stereocenters. The number of nitrogens with zero attached hydrogens (tertiary/aromatic N) is 1. The summed E-state index contributed by atoms with van der Waals surface area (Å²) in [4.78, 5) is 16.6. The van der Waals surface area contributed by atoms with E-state index in [1.165, 1.54) is 17.5 Å². The van der Waals surface area contributed by atoms with Crippen molar-refractivity contribution >= 4 is 22.7 Å². The van der Waals surface area contributed by atoms with E-state index in [0.717, 1.165) is 18.4 Å². The average molecular weight is 292 g/mol. The molecule has 110 valence electrons. The molecular weight excluding hydrogens is 276 g/mol. The van der Waals surface area contributed by atoms with Gasteiger partial charge >= 0.3 is 0 Å². The Morgan fingerprint density at radius 1 is 1.14 bits per heavy atom. The molecule has 1 amide bonds. The molecule has 0 saturated heterocycles. The topological polar surface area (TPSA) is 55.1 Å². The van der Waals surface area contributed by atoms with Gasteiger partial charge < -0.3 is 9.73 Å². The fourth-order valence-electron chi connectivity index (χ4n) is 3.03. The minimum Gasteiger partial charge on any atom is -0.441 e. The predicted molar refractivity (Wildman–Crippen MR) is 85.2 cm³/mol. The third-order valence-corrected chi connectivity index (χ3v) is 4.11. The summed E-state index contributed by atoms with van der Waals surface area (Å²) in [5.74, 6) is 0.530. The standard InChI is InChI=1S/C18H16N2O2/c1-11-19-16-8-7-15(10-17(16)22-11)20-18(21)14-6-5-12-3-2-4-13(12)9-14/h5-10H,2-4H2,1H3,(H,20,21). The van der Waals surface area contributed by atoms with Crippen LogP contribution in [0.2, 0.25) is 0 Å². The van der Waals surface area contributed by atoms with Crippen molar-refractivity contribution in [1.29, 1.82) is 0 Å². The zero-order valence-electron chi connectivity index (χ0n) is 12.3. The van der Waals surface area contributed by atoms with Crippen LogP contribution in [0.15, 0.2) is 40.8 Å². The third-order valence-electron chi connectivity index (χ3n) is 4.11. The molecule has 1 aliphatic carbocycles. The van der Waals surface area contributed by atoms with Gasteiger partial charge in [0.05, 0.1) is 0 Å². The lowest BCUT2D eigenvalue weighted by atomic mass is 10.1. The van der Waals surface area contributed by atoms with Gasteiger partial charge in [0, 0.05) is 24.2 Å². The summed E-state index contributed by atoms with van der Waals surface area (Å²) in [5, 5.41) is 2.92. The zero-order chi connectivity index (χ0) is 15.1. The van der Waals surface area contributed by atoms with Crippen molar-refractivity contribution in [3.8, 4) is 0 Å². The third kappa shape index (κ3) is 2.26. The van der Waals surface area contributed by atoms with Gasteiger partial charge in [0.1, 0.15) is 5.52 Å². The molecule has 4 heteroatoms. The number of fused-ring (bicyclic) bond motifs is 2. The number of rotatable bonds is 2. The normalized spacial score (nSPS) is 13.3. The minimum atomic E-state index is -0.0923. The molecule has 1 aliphatic rings. The molecule has 4 nitrogen and oxygen atoms in total. The lowest BCUT2D eigenvalue weighted by molar-refractivity contribution is 0.102. The molecular formula is C18H16N2O2. The van der Waals surface area contributed by atoms with Crippen molar-refractivity contribution in [2.75, 3.05) is 5.32 Å². The Bertz CT molecular complexity index is 880. The van der Waals surface area contributed by atoms with Crippen LogP contribution in [-0.2, 0) is 12.8 Å². The molecule has 0 spiro atoms. The van der Waals surface area contributed by atoms with Gasteiger partial charge in [-0.15, -0.1) is 0 Å². The number of hydrogen-bond acceptors (Lipinski definition) is 3. The van der Waals surface area contributed by atoms with Gasteiger partial charge in [-0.2, -0.15) is 0 Å². The van der Waals surface area contributed by atoms with Crippen LogP contribution >= 0.6 is 0 Å². The van der Waals surface area contributed by atoms with Gasteiger partial charge in [-0.05, 0) is 54.7 Å². The Morgan fingerprint density at radius 3 is 2.91 bits per heavy atom. The van der Waals surface area contributed by atoms with E-state index >= 15 is 0 Å². The monoisotopic (exact) mass is 292 g/mol. The number of amides is 1. The number of benzene rings is 2. The van der Waals surface area contributed by atoms with Crippen LogP contribution in [0.25, 0.3) is 11.1 Å². The van der Waals surface area contributed by atoms with Gasteiger partial charge in [0.2, 0.25) is 0 Å². The first-order valence-electron chi connectivity index (χ1n) is 7.49. The van der Waals surface area contributed by atoms with Crippen molar-refractivity contribution in [2.24, 2.45) is 0 Å². The van der Waals surface area contributed by atoms with Crippen LogP contribution in [0, 0.1) is 6.92 Å². The predicted octanol–water partition coefficient (Wildman–Crippen LogP) is 3.88. The van der Waals surface area contributed by atoms with Gasteiger partial charge in [0.15, 0.2) is 11.5 Å². The van der Waals surface area contributed by atoms with Crippen molar-refractivity contribution in [3.05, 3.63) is 59.0 Å². The smallest absolute Gasteiger partial charge is 0.255 e. The number of hydrogen-bond donors (Lipinski definition) is 1. The van der Waals surface area contributed by atoms with Crippen LogP contribution < -0.4 is 5.32 Å². The van der Waals surface area contributed by atoms with E-state index in [1.54, 1.807) is 6.07 Å². The van der Waals surface area contributed by atoms with Gasteiger partial charge in [0.25, 0.3) is 5.91 Å². The molecule has 1 N–H and O–H groups in total. The van der Waals surface area contributed by atoms with Crippen molar-refractivity contribution < 1.29 is 9.21 Å². The lowest BCUT2D eigenvalue weighted by Gasteiger charge is -2.07. The van der Waals surface area contributed by atoms with Crippen LogP contribution in [0.5, 0.6) is 0 Å². The summed E-state index contributed by atoms with van der Waals surface area (Å²) in [7, 11) is 0. The first-order valence-corrected chi connectivity index (χ1v) is 7.49. The Morgan fingerprint density at radius 2 is 2.00 bits per heavy atom. The van der Waals surface area contributed by atoms with E-state index in [-0.39, 0.29) is 5.91 Å². The summed E-state index contributed by atoms with van der Waals surface area (Å²) >= 11 is 0. The minimum absolute atomic E-state index is 0.0923.